The fourth-order valence-electron chi connectivity index (χ4n) is 1.60. The highest BCUT2D eigenvalue weighted by molar-refractivity contribution is 5.66. The van der Waals surface area contributed by atoms with Gasteiger partial charge >= 0.3 is 5.97 Å². The number of hydrogen-bond acceptors (Lipinski definition) is 2. The van der Waals surface area contributed by atoms with E-state index < -0.39 is 0 Å². The van der Waals surface area contributed by atoms with Crippen LogP contribution in [0.4, 0.5) is 0 Å². The molecule has 0 spiro atoms. The maximum Gasteiger partial charge on any atom is 0.302 e. The van der Waals surface area contributed by atoms with E-state index in [1.165, 1.54) is 18.1 Å². The summed E-state index contributed by atoms with van der Waals surface area (Å²) in [5.41, 5.74) is 2.79. The summed E-state index contributed by atoms with van der Waals surface area (Å²) in [6.45, 7) is 9.81. The normalized spacial score (nSPS) is 13.1. The number of ether oxygens (including phenoxy) is 1. The summed E-state index contributed by atoms with van der Waals surface area (Å²) in [5, 5.41) is 0. The van der Waals surface area contributed by atoms with E-state index in [9.17, 15) is 4.79 Å². The molecule has 0 aliphatic heterocycles. The fourth-order valence-corrected chi connectivity index (χ4v) is 1.60. The van der Waals surface area contributed by atoms with E-state index in [2.05, 4.69) is 32.9 Å². The minimum absolute atomic E-state index is 0.0225. The topological polar surface area (TPSA) is 26.3 Å². The van der Waals surface area contributed by atoms with Gasteiger partial charge in [-0.2, -0.15) is 0 Å². The second-order valence-electron chi connectivity index (χ2n) is 4.87. The van der Waals surface area contributed by atoms with Crippen LogP contribution in [0.15, 0.2) is 23.3 Å². The SMILES string of the molecule is CC(=O)OC(C)CCC=C(C)CCC=C(C)C. The van der Waals surface area contributed by atoms with E-state index in [0.717, 1.165) is 25.7 Å². The van der Waals surface area contributed by atoms with E-state index in [0.29, 0.717) is 0 Å². The van der Waals surface area contributed by atoms with Gasteiger partial charge in [0.1, 0.15) is 0 Å². The van der Waals surface area contributed by atoms with E-state index in [4.69, 9.17) is 4.74 Å². The lowest BCUT2D eigenvalue weighted by Crippen LogP contribution is -2.11. The van der Waals surface area contributed by atoms with Crippen LogP contribution in [-0.4, -0.2) is 12.1 Å². The van der Waals surface area contributed by atoms with Crippen LogP contribution in [0.1, 0.15) is 60.3 Å². The molecule has 0 aromatic rings. The molecule has 0 fully saturated rings. The first-order valence-electron chi connectivity index (χ1n) is 6.38. The Morgan fingerprint density at radius 3 is 2.29 bits per heavy atom. The third-order valence-electron chi connectivity index (χ3n) is 2.52. The van der Waals surface area contributed by atoms with Gasteiger partial charge in [-0.3, -0.25) is 4.79 Å². The number of allylic oxidation sites excluding steroid dienone is 4. The molecule has 0 bridgehead atoms. The monoisotopic (exact) mass is 238 g/mol. The first kappa shape index (κ1) is 16.0. The highest BCUT2D eigenvalue weighted by atomic mass is 16.5. The van der Waals surface area contributed by atoms with Gasteiger partial charge in [0.05, 0.1) is 6.10 Å². The molecule has 1 atom stereocenters. The van der Waals surface area contributed by atoms with Crippen LogP contribution in [0.3, 0.4) is 0 Å². The molecule has 2 heteroatoms. The fraction of sp³-hybridized carbons (Fsp3) is 0.667. The summed E-state index contributed by atoms with van der Waals surface area (Å²) in [6.07, 6.45) is 8.65. The molecule has 0 saturated carbocycles. The van der Waals surface area contributed by atoms with E-state index in [1.54, 1.807) is 0 Å². The van der Waals surface area contributed by atoms with Crippen LogP contribution >= 0.6 is 0 Å². The largest absolute Gasteiger partial charge is 0.463 e. The van der Waals surface area contributed by atoms with Crippen molar-refractivity contribution in [3.05, 3.63) is 23.3 Å². The van der Waals surface area contributed by atoms with Gasteiger partial charge in [0.25, 0.3) is 0 Å². The summed E-state index contributed by atoms with van der Waals surface area (Å²) in [5.74, 6) is -0.193. The molecular formula is C15H26O2. The van der Waals surface area contributed by atoms with Crippen molar-refractivity contribution in [2.45, 2.75) is 66.4 Å². The number of carbonyl (C=O) groups is 1. The Morgan fingerprint density at radius 1 is 1.12 bits per heavy atom. The average Bonchev–Trinajstić information content (AvgIpc) is 2.15. The van der Waals surface area contributed by atoms with Gasteiger partial charge in [0.2, 0.25) is 0 Å². The number of hydrogen-bond donors (Lipinski definition) is 0. The van der Waals surface area contributed by atoms with Gasteiger partial charge in [0, 0.05) is 6.92 Å². The van der Waals surface area contributed by atoms with Crippen molar-refractivity contribution in [1.82, 2.24) is 0 Å². The average molecular weight is 238 g/mol. The first-order chi connectivity index (χ1) is 7.91. The summed E-state index contributed by atoms with van der Waals surface area (Å²) >= 11 is 0. The number of carbonyl (C=O) groups excluding carboxylic acids is 1. The molecule has 0 aromatic heterocycles. The molecule has 0 heterocycles. The lowest BCUT2D eigenvalue weighted by atomic mass is 10.1. The summed E-state index contributed by atoms with van der Waals surface area (Å²) in [7, 11) is 0. The van der Waals surface area contributed by atoms with Crippen molar-refractivity contribution >= 4 is 5.97 Å². The highest BCUT2D eigenvalue weighted by Gasteiger charge is 2.03. The molecule has 0 radical (unpaired) electrons. The smallest absolute Gasteiger partial charge is 0.302 e. The predicted octanol–water partition coefficient (Wildman–Crippen LogP) is 4.41. The first-order valence-corrected chi connectivity index (χ1v) is 6.38. The maximum atomic E-state index is 10.7. The molecule has 2 nitrogen and oxygen atoms in total. The van der Waals surface area contributed by atoms with Crippen molar-refractivity contribution in [2.24, 2.45) is 0 Å². The minimum Gasteiger partial charge on any atom is -0.463 e. The number of rotatable bonds is 7. The van der Waals surface area contributed by atoms with Crippen LogP contribution in [0.2, 0.25) is 0 Å². The summed E-state index contributed by atoms with van der Waals surface area (Å²) in [6, 6.07) is 0. The van der Waals surface area contributed by atoms with Crippen LogP contribution in [0.25, 0.3) is 0 Å². The Kier molecular flexibility index (Phi) is 8.47. The van der Waals surface area contributed by atoms with Crippen molar-refractivity contribution in [3.63, 3.8) is 0 Å². The Morgan fingerprint density at radius 2 is 1.76 bits per heavy atom. The van der Waals surface area contributed by atoms with Gasteiger partial charge < -0.3 is 4.74 Å². The third kappa shape index (κ3) is 11.2. The second-order valence-corrected chi connectivity index (χ2v) is 4.87. The Labute approximate surface area is 106 Å². The Balaban J connectivity index is 3.76. The van der Waals surface area contributed by atoms with Crippen molar-refractivity contribution in [2.75, 3.05) is 0 Å². The zero-order valence-electron chi connectivity index (χ0n) is 11.9. The van der Waals surface area contributed by atoms with Crippen LogP contribution in [-0.2, 0) is 9.53 Å². The van der Waals surface area contributed by atoms with E-state index in [-0.39, 0.29) is 12.1 Å². The summed E-state index contributed by atoms with van der Waals surface area (Å²) < 4.78 is 5.07. The van der Waals surface area contributed by atoms with Gasteiger partial charge in [-0.15, -0.1) is 0 Å². The molecule has 0 rings (SSSR count). The van der Waals surface area contributed by atoms with Gasteiger partial charge in [-0.25, -0.2) is 0 Å². The molecule has 0 saturated heterocycles. The standard InChI is InChI=1S/C15H26O2/c1-12(2)8-6-9-13(3)10-7-11-14(4)17-15(5)16/h8,10,14H,6-7,9,11H2,1-5H3. The zero-order valence-corrected chi connectivity index (χ0v) is 11.9. The summed E-state index contributed by atoms with van der Waals surface area (Å²) in [4.78, 5) is 10.7. The minimum atomic E-state index is -0.193. The molecule has 17 heavy (non-hydrogen) atoms. The van der Waals surface area contributed by atoms with E-state index in [1.807, 2.05) is 6.92 Å². The molecule has 0 aliphatic rings. The van der Waals surface area contributed by atoms with Crippen LogP contribution < -0.4 is 0 Å². The third-order valence-corrected chi connectivity index (χ3v) is 2.52. The lowest BCUT2D eigenvalue weighted by Gasteiger charge is -2.10. The van der Waals surface area contributed by atoms with Gasteiger partial charge in [-0.05, 0) is 53.4 Å². The predicted molar refractivity (Wildman–Crippen MR) is 72.9 cm³/mol. The molecule has 0 aliphatic carbocycles. The molecule has 0 amide bonds. The van der Waals surface area contributed by atoms with Gasteiger partial charge in [-0.1, -0.05) is 23.3 Å². The molecule has 98 valence electrons. The molecule has 0 aromatic carbocycles. The molecular weight excluding hydrogens is 212 g/mol. The van der Waals surface area contributed by atoms with Gasteiger partial charge in [0.15, 0.2) is 0 Å². The maximum absolute atomic E-state index is 10.7. The zero-order chi connectivity index (χ0) is 13.3. The lowest BCUT2D eigenvalue weighted by molar-refractivity contribution is -0.145. The quantitative estimate of drug-likeness (QED) is 0.485. The second kappa shape index (κ2) is 9.03. The Hall–Kier alpha value is -1.05. The molecule has 1 unspecified atom stereocenters. The van der Waals surface area contributed by atoms with E-state index >= 15 is 0 Å². The Bertz CT molecular complexity index is 283. The van der Waals surface area contributed by atoms with Crippen LogP contribution in [0, 0.1) is 0 Å². The van der Waals surface area contributed by atoms with Crippen molar-refractivity contribution in [3.8, 4) is 0 Å². The van der Waals surface area contributed by atoms with Crippen molar-refractivity contribution < 1.29 is 9.53 Å². The molecule has 0 N–H and O–H groups in total. The number of esters is 1. The highest BCUT2D eigenvalue weighted by Crippen LogP contribution is 2.10. The van der Waals surface area contributed by atoms with Crippen molar-refractivity contribution in [1.29, 1.82) is 0 Å². The van der Waals surface area contributed by atoms with Crippen LogP contribution in [0.5, 0.6) is 0 Å².